The summed E-state index contributed by atoms with van der Waals surface area (Å²) in [6.45, 7) is 0.125. The van der Waals surface area contributed by atoms with Crippen molar-refractivity contribution in [2.75, 3.05) is 5.32 Å². The highest BCUT2D eigenvalue weighted by molar-refractivity contribution is 5.82. The first kappa shape index (κ1) is 18.8. The van der Waals surface area contributed by atoms with Crippen LogP contribution in [0.2, 0.25) is 0 Å². The van der Waals surface area contributed by atoms with Gasteiger partial charge in [0.1, 0.15) is 5.82 Å². The topological polar surface area (TPSA) is 68.5 Å². The van der Waals surface area contributed by atoms with Crippen LogP contribution in [-0.2, 0) is 19.3 Å². The van der Waals surface area contributed by atoms with E-state index in [-0.39, 0.29) is 35.6 Å². The van der Waals surface area contributed by atoms with Crippen molar-refractivity contribution in [2.45, 2.75) is 19.3 Å². The molecule has 2 aromatic heterocycles. The number of fused-ring (bicyclic) bond motifs is 1. The summed E-state index contributed by atoms with van der Waals surface area (Å²) in [4.78, 5) is 7.18. The zero-order valence-corrected chi connectivity index (χ0v) is 14.9. The van der Waals surface area contributed by atoms with Gasteiger partial charge in [-0.25, -0.2) is 19.0 Å². The van der Waals surface area contributed by atoms with Crippen molar-refractivity contribution in [3.05, 3.63) is 77.4 Å². The van der Waals surface area contributed by atoms with E-state index in [9.17, 15) is 17.6 Å². The maximum Gasteiger partial charge on any atom is 0.451 e. The molecule has 0 aliphatic heterocycles. The van der Waals surface area contributed by atoms with E-state index in [0.717, 1.165) is 5.56 Å². The van der Waals surface area contributed by atoms with Gasteiger partial charge in [-0.1, -0.05) is 53.7 Å². The van der Waals surface area contributed by atoms with Crippen LogP contribution in [0.4, 0.5) is 23.4 Å². The molecule has 6 nitrogen and oxygen atoms in total. The van der Waals surface area contributed by atoms with Gasteiger partial charge < -0.3 is 5.32 Å². The van der Waals surface area contributed by atoms with Gasteiger partial charge in [-0.2, -0.15) is 13.2 Å². The highest BCUT2D eigenvalue weighted by atomic mass is 19.4. The Morgan fingerprint density at radius 3 is 2.38 bits per heavy atom. The lowest BCUT2D eigenvalue weighted by Crippen LogP contribution is -2.15. The summed E-state index contributed by atoms with van der Waals surface area (Å²) < 4.78 is 55.1. The monoisotopic (exact) mass is 402 g/mol. The Morgan fingerprint density at radius 1 is 0.931 bits per heavy atom. The molecule has 0 saturated carbocycles. The van der Waals surface area contributed by atoms with Gasteiger partial charge in [-0.15, -0.1) is 5.10 Å². The van der Waals surface area contributed by atoms with E-state index in [1.807, 2.05) is 30.3 Å². The fraction of sp³-hybridized carbons (Fsp3) is 0.158. The van der Waals surface area contributed by atoms with Crippen molar-refractivity contribution in [1.82, 2.24) is 25.0 Å². The molecule has 0 spiro atoms. The molecule has 4 rings (SSSR count). The van der Waals surface area contributed by atoms with E-state index in [1.165, 1.54) is 22.9 Å². The SMILES string of the molecule is Fc1ccccc1CNc1nc(C(F)(F)F)nc2c1nnn2Cc1ccccc1. The third-order valence-electron chi connectivity index (χ3n) is 4.20. The molecule has 0 radical (unpaired) electrons. The molecule has 0 atom stereocenters. The molecule has 1 N–H and O–H groups in total. The summed E-state index contributed by atoms with van der Waals surface area (Å²) in [6, 6.07) is 15.0. The van der Waals surface area contributed by atoms with E-state index < -0.39 is 17.8 Å². The summed E-state index contributed by atoms with van der Waals surface area (Å²) in [5.74, 6) is -1.96. The standard InChI is InChI=1S/C19H14F4N6/c20-14-9-5-4-8-13(14)10-24-16-15-17(26-18(25-16)19(21,22)23)29(28-27-15)11-12-6-2-1-3-7-12/h1-9H,10-11H2,(H,24,25,26). The van der Waals surface area contributed by atoms with E-state index in [1.54, 1.807) is 6.07 Å². The zero-order chi connectivity index (χ0) is 20.4. The van der Waals surface area contributed by atoms with Crippen molar-refractivity contribution in [2.24, 2.45) is 0 Å². The van der Waals surface area contributed by atoms with Crippen molar-refractivity contribution in [3.63, 3.8) is 0 Å². The lowest BCUT2D eigenvalue weighted by molar-refractivity contribution is -0.144. The predicted molar refractivity (Wildman–Crippen MR) is 97.4 cm³/mol. The summed E-state index contributed by atoms with van der Waals surface area (Å²) in [5, 5.41) is 10.6. The molecule has 0 aliphatic carbocycles. The molecule has 29 heavy (non-hydrogen) atoms. The third kappa shape index (κ3) is 4.00. The number of hydrogen-bond donors (Lipinski definition) is 1. The van der Waals surface area contributed by atoms with E-state index in [4.69, 9.17) is 0 Å². The second kappa shape index (κ2) is 7.46. The van der Waals surface area contributed by atoms with Crippen molar-refractivity contribution < 1.29 is 17.6 Å². The summed E-state index contributed by atoms with van der Waals surface area (Å²) in [5.41, 5.74) is 1.12. The Morgan fingerprint density at radius 2 is 1.66 bits per heavy atom. The minimum Gasteiger partial charge on any atom is -0.364 e. The minimum absolute atomic E-state index is 0.0628. The molecule has 4 aromatic rings. The molecule has 0 fully saturated rings. The number of benzene rings is 2. The average molecular weight is 402 g/mol. The quantitative estimate of drug-likeness (QED) is 0.511. The maximum absolute atomic E-state index is 13.8. The first-order chi connectivity index (χ1) is 13.9. The number of anilines is 1. The normalized spacial score (nSPS) is 11.7. The molecule has 0 amide bonds. The van der Waals surface area contributed by atoms with Gasteiger partial charge in [0.05, 0.1) is 6.54 Å². The van der Waals surface area contributed by atoms with E-state index in [2.05, 4.69) is 25.6 Å². The van der Waals surface area contributed by atoms with Crippen LogP contribution in [0.5, 0.6) is 0 Å². The van der Waals surface area contributed by atoms with Crippen molar-refractivity contribution in [1.29, 1.82) is 0 Å². The number of halogens is 4. The first-order valence-electron chi connectivity index (χ1n) is 8.61. The van der Waals surface area contributed by atoms with Crippen LogP contribution in [0.25, 0.3) is 11.2 Å². The van der Waals surface area contributed by atoms with Crippen LogP contribution < -0.4 is 5.32 Å². The smallest absolute Gasteiger partial charge is 0.364 e. The van der Waals surface area contributed by atoms with Crippen molar-refractivity contribution >= 4 is 17.0 Å². The lowest BCUT2D eigenvalue weighted by Gasteiger charge is -2.11. The first-order valence-corrected chi connectivity index (χ1v) is 8.61. The van der Waals surface area contributed by atoms with Crippen LogP contribution in [0.15, 0.2) is 54.6 Å². The number of hydrogen-bond acceptors (Lipinski definition) is 5. The molecule has 0 saturated heterocycles. The van der Waals surface area contributed by atoms with Crippen LogP contribution in [0.1, 0.15) is 17.0 Å². The molecule has 0 aliphatic rings. The molecule has 10 heteroatoms. The fourth-order valence-electron chi connectivity index (χ4n) is 2.79. The Labute approximate surface area is 162 Å². The Hall–Kier alpha value is -3.56. The molecule has 2 aromatic carbocycles. The van der Waals surface area contributed by atoms with Gasteiger partial charge in [-0.05, 0) is 11.6 Å². The van der Waals surface area contributed by atoms with Gasteiger partial charge in [0.2, 0.25) is 5.82 Å². The summed E-state index contributed by atoms with van der Waals surface area (Å²) in [7, 11) is 0. The summed E-state index contributed by atoms with van der Waals surface area (Å²) >= 11 is 0. The van der Waals surface area contributed by atoms with Gasteiger partial charge in [0.25, 0.3) is 0 Å². The largest absolute Gasteiger partial charge is 0.451 e. The van der Waals surface area contributed by atoms with Gasteiger partial charge in [0, 0.05) is 12.1 Å². The molecule has 0 unspecified atom stereocenters. The molecular formula is C19H14F4N6. The summed E-state index contributed by atoms with van der Waals surface area (Å²) in [6.07, 6.45) is -4.76. The van der Waals surface area contributed by atoms with Crippen molar-refractivity contribution in [3.8, 4) is 0 Å². The van der Waals surface area contributed by atoms with Gasteiger partial charge >= 0.3 is 6.18 Å². The molecular weight excluding hydrogens is 388 g/mol. The number of alkyl halides is 3. The second-order valence-electron chi connectivity index (χ2n) is 6.24. The molecule has 0 bridgehead atoms. The maximum atomic E-state index is 13.8. The Bertz CT molecular complexity index is 1140. The van der Waals surface area contributed by atoms with Gasteiger partial charge in [-0.3, -0.25) is 0 Å². The highest BCUT2D eigenvalue weighted by Gasteiger charge is 2.36. The van der Waals surface area contributed by atoms with E-state index in [0.29, 0.717) is 0 Å². The minimum atomic E-state index is -4.76. The van der Waals surface area contributed by atoms with Crippen LogP contribution in [0.3, 0.4) is 0 Å². The van der Waals surface area contributed by atoms with Crippen LogP contribution in [0, 0.1) is 5.82 Å². The van der Waals surface area contributed by atoms with Gasteiger partial charge in [0.15, 0.2) is 17.0 Å². The number of nitrogens with one attached hydrogen (secondary N) is 1. The second-order valence-corrected chi connectivity index (χ2v) is 6.24. The fourth-order valence-corrected chi connectivity index (χ4v) is 2.79. The Kier molecular flexibility index (Phi) is 4.83. The van der Waals surface area contributed by atoms with E-state index >= 15 is 0 Å². The van der Waals surface area contributed by atoms with Crippen LogP contribution >= 0.6 is 0 Å². The Balaban J connectivity index is 1.74. The number of aromatic nitrogens is 5. The zero-order valence-electron chi connectivity index (χ0n) is 14.9. The lowest BCUT2D eigenvalue weighted by atomic mass is 10.2. The predicted octanol–water partition coefficient (Wildman–Crippen LogP) is 4.04. The molecule has 148 valence electrons. The number of nitrogens with zero attached hydrogens (tertiary/aromatic N) is 5. The average Bonchev–Trinajstić information content (AvgIpc) is 3.10. The third-order valence-corrected chi connectivity index (χ3v) is 4.20. The highest BCUT2D eigenvalue weighted by Crippen LogP contribution is 2.30. The number of rotatable bonds is 5. The van der Waals surface area contributed by atoms with Crippen LogP contribution in [-0.4, -0.2) is 25.0 Å². The molecule has 2 heterocycles.